The van der Waals surface area contributed by atoms with Gasteiger partial charge in [-0.2, -0.15) is 0 Å². The first-order chi connectivity index (χ1) is 14.9. The Labute approximate surface area is 195 Å². The lowest BCUT2D eigenvalue weighted by Crippen LogP contribution is -2.21. The lowest BCUT2D eigenvalue weighted by atomic mass is 10.1. The fourth-order valence-corrected chi connectivity index (χ4v) is 4.00. The van der Waals surface area contributed by atoms with Gasteiger partial charge in [0.25, 0.3) is 5.91 Å². The van der Waals surface area contributed by atoms with Gasteiger partial charge in [0.05, 0.1) is 23.1 Å². The van der Waals surface area contributed by atoms with Crippen LogP contribution in [0, 0.1) is 0 Å². The van der Waals surface area contributed by atoms with Crippen molar-refractivity contribution >= 4 is 52.7 Å². The van der Waals surface area contributed by atoms with Crippen LogP contribution in [0.15, 0.2) is 60.8 Å². The molecule has 160 valence electrons. The molecule has 8 heteroatoms. The van der Waals surface area contributed by atoms with Crippen LogP contribution in [0.2, 0.25) is 10.0 Å². The Morgan fingerprint density at radius 1 is 1.06 bits per heavy atom. The summed E-state index contributed by atoms with van der Waals surface area (Å²) in [7, 11) is 1.58. The molecule has 1 heterocycles. The van der Waals surface area contributed by atoms with Crippen LogP contribution in [-0.4, -0.2) is 23.4 Å². The molecule has 0 aliphatic rings. The van der Waals surface area contributed by atoms with E-state index in [2.05, 4.69) is 10.6 Å². The van der Waals surface area contributed by atoms with Gasteiger partial charge in [-0.25, -0.2) is 0 Å². The number of rotatable bonds is 7. The van der Waals surface area contributed by atoms with E-state index in [-0.39, 0.29) is 17.7 Å². The molecule has 2 amide bonds. The van der Waals surface area contributed by atoms with Gasteiger partial charge in [-0.1, -0.05) is 35.3 Å². The Balaban J connectivity index is 1.67. The standard InChI is InChI=1S/C23H20Cl3N3O2/c1-27-23(31)16-7-4-15(5-8-16)6-11-21(30)28-14-17-3-2-12-29(17)20-10-9-19(25)18(13-24)22(20)26/h2-12H,13-14H2,1H3,(H,27,31)(H,28,30). The highest BCUT2D eigenvalue weighted by atomic mass is 35.5. The summed E-state index contributed by atoms with van der Waals surface area (Å²) in [5, 5.41) is 6.41. The summed E-state index contributed by atoms with van der Waals surface area (Å²) in [5.74, 6) is -0.199. The number of aromatic nitrogens is 1. The van der Waals surface area contributed by atoms with Crippen molar-refractivity contribution < 1.29 is 9.59 Å². The summed E-state index contributed by atoms with van der Waals surface area (Å²) in [6.45, 7) is 0.306. The first-order valence-electron chi connectivity index (χ1n) is 9.42. The highest BCUT2D eigenvalue weighted by molar-refractivity contribution is 6.38. The molecule has 3 aromatic rings. The monoisotopic (exact) mass is 475 g/mol. The van der Waals surface area contributed by atoms with Crippen molar-refractivity contribution in [3.05, 3.63) is 93.2 Å². The fourth-order valence-electron chi connectivity index (χ4n) is 2.99. The number of benzene rings is 2. The number of alkyl halides is 1. The van der Waals surface area contributed by atoms with Gasteiger partial charge in [0, 0.05) is 41.2 Å². The Morgan fingerprint density at radius 2 is 1.81 bits per heavy atom. The largest absolute Gasteiger partial charge is 0.355 e. The van der Waals surface area contributed by atoms with Crippen LogP contribution in [0.5, 0.6) is 0 Å². The third-order valence-electron chi connectivity index (χ3n) is 4.66. The van der Waals surface area contributed by atoms with Crippen LogP contribution in [0.25, 0.3) is 11.8 Å². The molecule has 0 radical (unpaired) electrons. The molecular formula is C23H20Cl3N3O2. The second-order valence-electron chi connectivity index (χ2n) is 6.61. The zero-order chi connectivity index (χ0) is 22.4. The van der Waals surface area contributed by atoms with Gasteiger partial charge in [0.1, 0.15) is 0 Å². The Hall–Kier alpha value is -2.73. The van der Waals surface area contributed by atoms with Crippen molar-refractivity contribution in [2.45, 2.75) is 12.4 Å². The number of carbonyl (C=O) groups is 2. The lowest BCUT2D eigenvalue weighted by Gasteiger charge is -2.14. The van der Waals surface area contributed by atoms with E-state index in [1.807, 2.05) is 29.0 Å². The Bertz CT molecular complexity index is 1120. The number of carbonyl (C=O) groups excluding carboxylic acids is 2. The number of nitrogens with one attached hydrogen (secondary N) is 2. The number of hydrogen-bond donors (Lipinski definition) is 2. The van der Waals surface area contributed by atoms with Gasteiger partial charge in [-0.3, -0.25) is 9.59 Å². The summed E-state index contributed by atoms with van der Waals surface area (Å²) in [6.07, 6.45) is 4.99. The lowest BCUT2D eigenvalue weighted by molar-refractivity contribution is -0.116. The molecule has 0 unspecified atom stereocenters. The Morgan fingerprint density at radius 3 is 2.48 bits per heavy atom. The van der Waals surface area contributed by atoms with Crippen molar-refractivity contribution in [2.24, 2.45) is 0 Å². The minimum absolute atomic E-state index is 0.157. The van der Waals surface area contributed by atoms with E-state index in [1.54, 1.807) is 43.5 Å². The quantitative estimate of drug-likeness (QED) is 0.363. The van der Waals surface area contributed by atoms with E-state index in [1.165, 1.54) is 6.08 Å². The number of halogens is 3. The summed E-state index contributed by atoms with van der Waals surface area (Å²) in [6, 6.07) is 14.3. The van der Waals surface area contributed by atoms with Gasteiger partial charge < -0.3 is 15.2 Å². The van der Waals surface area contributed by atoms with Crippen LogP contribution < -0.4 is 10.6 Å². The van der Waals surface area contributed by atoms with E-state index < -0.39 is 0 Å². The highest BCUT2D eigenvalue weighted by Gasteiger charge is 2.13. The first kappa shape index (κ1) is 22.9. The van der Waals surface area contributed by atoms with E-state index in [0.717, 1.165) is 16.9 Å². The van der Waals surface area contributed by atoms with Gasteiger partial charge in [0.15, 0.2) is 0 Å². The van der Waals surface area contributed by atoms with Gasteiger partial charge in [0.2, 0.25) is 5.91 Å². The molecule has 0 bridgehead atoms. The minimum Gasteiger partial charge on any atom is -0.355 e. The maximum atomic E-state index is 12.3. The van der Waals surface area contributed by atoms with Crippen molar-refractivity contribution in [2.75, 3.05) is 7.05 Å². The molecule has 2 N–H and O–H groups in total. The van der Waals surface area contributed by atoms with Crippen molar-refractivity contribution in [1.82, 2.24) is 15.2 Å². The van der Waals surface area contributed by atoms with Gasteiger partial charge in [-0.15, -0.1) is 11.6 Å². The molecule has 0 atom stereocenters. The maximum Gasteiger partial charge on any atom is 0.251 e. The third kappa shape index (κ3) is 5.50. The van der Waals surface area contributed by atoms with Crippen LogP contribution in [0.4, 0.5) is 0 Å². The zero-order valence-corrected chi connectivity index (χ0v) is 18.9. The molecule has 0 aliphatic carbocycles. The van der Waals surface area contributed by atoms with Crippen molar-refractivity contribution in [3.8, 4) is 5.69 Å². The predicted octanol–water partition coefficient (Wildman–Crippen LogP) is 5.21. The van der Waals surface area contributed by atoms with Gasteiger partial charge in [-0.05, 0) is 48.0 Å². The van der Waals surface area contributed by atoms with E-state index in [4.69, 9.17) is 34.8 Å². The van der Waals surface area contributed by atoms with Crippen LogP contribution in [0.1, 0.15) is 27.2 Å². The van der Waals surface area contributed by atoms with Gasteiger partial charge >= 0.3 is 0 Å². The first-order valence-corrected chi connectivity index (χ1v) is 10.7. The summed E-state index contributed by atoms with van der Waals surface area (Å²) < 4.78 is 1.89. The van der Waals surface area contributed by atoms with E-state index >= 15 is 0 Å². The van der Waals surface area contributed by atoms with E-state index in [9.17, 15) is 9.59 Å². The molecule has 5 nitrogen and oxygen atoms in total. The average molecular weight is 477 g/mol. The number of nitrogens with zero attached hydrogens (tertiary/aromatic N) is 1. The molecular weight excluding hydrogens is 457 g/mol. The molecule has 0 saturated heterocycles. The van der Waals surface area contributed by atoms with Crippen molar-refractivity contribution in [3.63, 3.8) is 0 Å². The van der Waals surface area contributed by atoms with E-state index in [0.29, 0.717) is 27.7 Å². The summed E-state index contributed by atoms with van der Waals surface area (Å²) >= 11 is 18.6. The highest BCUT2D eigenvalue weighted by Crippen LogP contribution is 2.32. The van der Waals surface area contributed by atoms with Crippen molar-refractivity contribution in [1.29, 1.82) is 0 Å². The molecule has 0 aliphatic heterocycles. The summed E-state index contributed by atoms with van der Waals surface area (Å²) in [4.78, 5) is 23.8. The number of hydrogen-bond acceptors (Lipinski definition) is 2. The molecule has 0 saturated carbocycles. The minimum atomic E-state index is -0.244. The average Bonchev–Trinajstić information content (AvgIpc) is 3.24. The summed E-state index contributed by atoms with van der Waals surface area (Å²) in [5.41, 5.74) is 3.62. The fraction of sp³-hybridized carbons (Fsp3) is 0.130. The van der Waals surface area contributed by atoms with Crippen LogP contribution in [-0.2, 0) is 17.2 Å². The predicted molar refractivity (Wildman–Crippen MR) is 126 cm³/mol. The Kier molecular flexibility index (Phi) is 7.80. The molecule has 0 fully saturated rings. The third-order valence-corrected chi connectivity index (χ3v) is 5.71. The normalized spacial score (nSPS) is 11.0. The molecule has 31 heavy (non-hydrogen) atoms. The number of amides is 2. The molecule has 2 aromatic carbocycles. The smallest absolute Gasteiger partial charge is 0.251 e. The van der Waals surface area contributed by atoms with Crippen LogP contribution >= 0.6 is 34.8 Å². The molecule has 0 spiro atoms. The zero-order valence-electron chi connectivity index (χ0n) is 16.7. The second kappa shape index (κ2) is 10.5. The molecule has 3 rings (SSSR count). The molecule has 1 aromatic heterocycles. The maximum absolute atomic E-state index is 12.3. The SMILES string of the molecule is CNC(=O)c1ccc(C=CC(=O)NCc2cccn2-c2ccc(Cl)c(CCl)c2Cl)cc1. The topological polar surface area (TPSA) is 63.1 Å². The second-order valence-corrected chi connectivity index (χ2v) is 7.67. The van der Waals surface area contributed by atoms with Crippen LogP contribution in [0.3, 0.4) is 0 Å².